The van der Waals surface area contributed by atoms with E-state index < -0.39 is 0 Å². The highest BCUT2D eigenvalue weighted by Gasteiger charge is 2.28. The van der Waals surface area contributed by atoms with Crippen LogP contribution in [0, 0.1) is 63.2 Å². The number of hydrogen-bond acceptors (Lipinski definition) is 1. The van der Waals surface area contributed by atoms with Crippen LogP contribution in [0.5, 0.6) is 0 Å². The van der Waals surface area contributed by atoms with Gasteiger partial charge < -0.3 is 0 Å². The fourth-order valence-electron chi connectivity index (χ4n) is 2.57. The molecule has 0 unspecified atom stereocenters. The summed E-state index contributed by atoms with van der Waals surface area (Å²) in [7, 11) is 0. The molecule has 1 aromatic carbocycles. The molecule has 0 spiro atoms. The Morgan fingerprint density at radius 3 is 1.42 bits per heavy atom. The van der Waals surface area contributed by atoms with Crippen LogP contribution in [0.4, 0.5) is 0 Å². The van der Waals surface area contributed by atoms with Crippen LogP contribution < -0.4 is 0 Å². The maximum atomic E-state index is 2.22. The first kappa shape index (κ1) is 12.0. The van der Waals surface area contributed by atoms with E-state index in [0.717, 1.165) is 0 Å². The molecule has 10 radical (unpaired) electrons. The van der Waals surface area contributed by atoms with Gasteiger partial charge in [-0.25, -0.2) is 0 Å². The van der Waals surface area contributed by atoms with Gasteiger partial charge >= 0.3 is 0 Å². The maximum absolute atomic E-state index is 2.22. The van der Waals surface area contributed by atoms with Gasteiger partial charge in [-0.3, -0.25) is 0 Å². The molecule has 2 aromatic rings. The Kier molecular flexibility index (Phi) is 3.11. The molecular weight excluding hydrogens is 248 g/mol. The quantitative estimate of drug-likeness (QED) is 0.750. The van der Waals surface area contributed by atoms with Crippen molar-refractivity contribution in [1.29, 1.82) is 0 Å². The highest BCUT2D eigenvalue weighted by atomic mass is 32.1. The van der Waals surface area contributed by atoms with Gasteiger partial charge in [0.2, 0.25) is 0 Å². The van der Waals surface area contributed by atoms with Crippen molar-refractivity contribution in [2.75, 3.05) is 0 Å². The molecule has 90 valence electrons. The molecule has 1 heterocycles. The Bertz CT molecular complexity index is 518. The molecule has 4 rings (SSSR count). The van der Waals surface area contributed by atoms with Crippen molar-refractivity contribution in [2.24, 2.45) is 0 Å². The Hall–Kier alpha value is -0.820. The average Bonchev–Trinajstić information content (AvgIpc) is 3.18. The van der Waals surface area contributed by atoms with Crippen molar-refractivity contribution < 1.29 is 0 Å². The van der Waals surface area contributed by atoms with Gasteiger partial charge in [0.05, 0.1) is 0 Å². The topological polar surface area (TPSA) is 0 Å². The SMILES string of the molecule is [CH]1[CH][CH][C](c2sc([C]3[CH][CH][CH][CH]3)c3ccccc23)[CH]1. The lowest BCUT2D eigenvalue weighted by molar-refractivity contribution is 1.36. The van der Waals surface area contributed by atoms with E-state index in [4.69, 9.17) is 0 Å². The van der Waals surface area contributed by atoms with Crippen LogP contribution in [-0.2, 0) is 0 Å². The lowest BCUT2D eigenvalue weighted by Crippen LogP contribution is -1.91. The van der Waals surface area contributed by atoms with E-state index in [1.54, 1.807) is 0 Å². The van der Waals surface area contributed by atoms with Crippen molar-refractivity contribution in [2.45, 2.75) is 0 Å². The second kappa shape index (κ2) is 4.94. The van der Waals surface area contributed by atoms with Gasteiger partial charge in [0.15, 0.2) is 0 Å². The smallest absolute Gasteiger partial charge is 0.0232 e. The van der Waals surface area contributed by atoms with Crippen molar-refractivity contribution in [1.82, 2.24) is 0 Å². The summed E-state index contributed by atoms with van der Waals surface area (Å²) in [6.07, 6.45) is 17.2. The van der Waals surface area contributed by atoms with E-state index in [2.05, 4.69) is 75.6 Å². The predicted molar refractivity (Wildman–Crippen MR) is 80.9 cm³/mol. The van der Waals surface area contributed by atoms with Gasteiger partial charge in [-0.1, -0.05) is 24.3 Å². The lowest BCUT2D eigenvalue weighted by atomic mass is 9.98. The van der Waals surface area contributed by atoms with Gasteiger partial charge in [-0.15, -0.1) is 11.3 Å². The zero-order valence-electron chi connectivity index (χ0n) is 10.3. The minimum atomic E-state index is 1.32. The first-order valence-electron chi connectivity index (χ1n) is 6.39. The van der Waals surface area contributed by atoms with Gasteiger partial charge in [-0.2, -0.15) is 0 Å². The van der Waals surface area contributed by atoms with Crippen LogP contribution in [0.3, 0.4) is 0 Å². The molecule has 0 saturated heterocycles. The van der Waals surface area contributed by atoms with Crippen molar-refractivity contribution >= 4 is 22.1 Å². The minimum absolute atomic E-state index is 1.32. The summed E-state index contributed by atoms with van der Waals surface area (Å²) in [4.78, 5) is 2.74. The van der Waals surface area contributed by atoms with Gasteiger partial charge in [-0.05, 0) is 62.1 Å². The molecule has 0 nitrogen and oxygen atoms in total. The summed E-state index contributed by atoms with van der Waals surface area (Å²) >= 11 is 1.89. The number of hydrogen-bond donors (Lipinski definition) is 0. The van der Waals surface area contributed by atoms with Crippen LogP contribution in [0.25, 0.3) is 10.8 Å². The van der Waals surface area contributed by atoms with E-state index in [1.165, 1.54) is 32.4 Å². The molecule has 0 bridgehead atoms. The summed E-state index contributed by atoms with van der Waals surface area (Å²) in [5, 5.41) is 2.71. The standard InChI is InChI=1S/C18H12S/c1-2-8-13(7-1)17-15-11-5-6-12-16(15)18(19-17)14-9-3-4-10-14/h1-12H. The van der Waals surface area contributed by atoms with Crippen LogP contribution in [0.2, 0.25) is 0 Å². The molecule has 0 N–H and O–H groups in total. The molecular formula is C18H12S. The third-order valence-electron chi connectivity index (χ3n) is 3.47. The minimum Gasteiger partial charge on any atom is -0.143 e. The summed E-state index contributed by atoms with van der Waals surface area (Å²) in [6, 6.07) is 8.69. The second-order valence-electron chi connectivity index (χ2n) is 4.65. The molecule has 0 amide bonds. The lowest BCUT2D eigenvalue weighted by Gasteiger charge is -2.05. The number of fused-ring (bicyclic) bond motifs is 1. The van der Waals surface area contributed by atoms with Crippen LogP contribution in [-0.4, -0.2) is 0 Å². The van der Waals surface area contributed by atoms with E-state index >= 15 is 0 Å². The monoisotopic (exact) mass is 260 g/mol. The van der Waals surface area contributed by atoms with Gasteiger partial charge in [0.1, 0.15) is 0 Å². The fourth-order valence-corrected chi connectivity index (χ4v) is 3.86. The molecule has 2 aliphatic carbocycles. The average molecular weight is 260 g/mol. The van der Waals surface area contributed by atoms with Crippen LogP contribution >= 0.6 is 11.3 Å². The normalized spacial score (nSPS) is 21.7. The van der Waals surface area contributed by atoms with Crippen LogP contribution in [0.1, 0.15) is 9.75 Å². The number of rotatable bonds is 2. The predicted octanol–water partition coefficient (Wildman–Crippen LogP) is 4.41. The first-order valence-corrected chi connectivity index (χ1v) is 7.21. The number of benzene rings is 1. The molecule has 2 aliphatic rings. The Labute approximate surface area is 119 Å². The molecule has 2 saturated carbocycles. The summed E-state index contributed by atoms with van der Waals surface area (Å²) in [6.45, 7) is 0. The largest absolute Gasteiger partial charge is 0.143 e. The van der Waals surface area contributed by atoms with Crippen LogP contribution in [0.15, 0.2) is 24.3 Å². The van der Waals surface area contributed by atoms with Crippen molar-refractivity contribution in [3.8, 4) is 0 Å². The Morgan fingerprint density at radius 2 is 1.00 bits per heavy atom. The first-order chi connectivity index (χ1) is 9.43. The molecule has 0 aliphatic heterocycles. The molecule has 1 heteroatoms. The summed E-state index contributed by atoms with van der Waals surface area (Å²) in [5.41, 5.74) is 0. The maximum Gasteiger partial charge on any atom is 0.0232 e. The molecule has 2 fully saturated rings. The third-order valence-corrected chi connectivity index (χ3v) is 4.79. The van der Waals surface area contributed by atoms with E-state index in [-0.39, 0.29) is 0 Å². The Morgan fingerprint density at radius 1 is 0.579 bits per heavy atom. The summed E-state index contributed by atoms with van der Waals surface area (Å²) < 4.78 is 0. The van der Waals surface area contributed by atoms with Crippen molar-refractivity contribution in [3.05, 3.63) is 97.2 Å². The van der Waals surface area contributed by atoms with E-state index in [1.807, 2.05) is 11.3 Å². The van der Waals surface area contributed by atoms with E-state index in [9.17, 15) is 0 Å². The summed E-state index contributed by atoms with van der Waals surface area (Å²) in [5.74, 6) is 2.64. The molecule has 1 aromatic heterocycles. The zero-order chi connectivity index (χ0) is 12.7. The Balaban J connectivity index is 1.84. The molecule has 0 atom stereocenters. The highest BCUT2D eigenvalue weighted by Crippen LogP contribution is 2.46. The van der Waals surface area contributed by atoms with Crippen molar-refractivity contribution in [3.63, 3.8) is 0 Å². The van der Waals surface area contributed by atoms with E-state index in [0.29, 0.717) is 0 Å². The third kappa shape index (κ3) is 2.03. The van der Waals surface area contributed by atoms with Gasteiger partial charge in [0.25, 0.3) is 0 Å². The van der Waals surface area contributed by atoms with Gasteiger partial charge in [0, 0.05) is 21.6 Å². The highest BCUT2D eigenvalue weighted by molar-refractivity contribution is 7.14. The number of thiophene rings is 1. The molecule has 19 heavy (non-hydrogen) atoms. The second-order valence-corrected chi connectivity index (χ2v) is 5.67. The zero-order valence-corrected chi connectivity index (χ0v) is 11.2. The fraction of sp³-hybridized carbons (Fsp3) is 0.